The number of fused-ring (bicyclic) bond motifs is 1. The van der Waals surface area contributed by atoms with Crippen LogP contribution in [0.4, 0.5) is 0 Å². The molecule has 0 saturated heterocycles. The number of carbonyl (C=O) groups excluding carboxylic acids is 2. The van der Waals surface area contributed by atoms with E-state index in [2.05, 4.69) is 33.1 Å². The Labute approximate surface area is 204 Å². The molecule has 0 spiro atoms. The van der Waals surface area contributed by atoms with Gasteiger partial charge in [-0.2, -0.15) is 5.10 Å². The highest BCUT2D eigenvalue weighted by molar-refractivity contribution is 14.1. The summed E-state index contributed by atoms with van der Waals surface area (Å²) in [6, 6.07) is 10.5. The zero-order valence-corrected chi connectivity index (χ0v) is 20.5. The molecule has 0 aliphatic rings. The fourth-order valence-electron chi connectivity index (χ4n) is 2.93. The van der Waals surface area contributed by atoms with Gasteiger partial charge in [-0.05, 0) is 66.3 Å². The standard InChI is InChI=1S/C23H23IN2O7/c1-4-30-18-10-14(9-16(24)22(18)32-13-20(27)31-5-2)12-25-26-23(28)19-11-15-7-6-8-17(29-3)21(15)33-19/h6-12H,4-5,13H2,1-3H3,(H,26,28)/b25-12-. The van der Waals surface area contributed by atoms with E-state index in [1.54, 1.807) is 31.2 Å². The van der Waals surface area contributed by atoms with Crippen LogP contribution in [0.5, 0.6) is 17.2 Å². The van der Waals surface area contributed by atoms with E-state index in [9.17, 15) is 9.59 Å². The van der Waals surface area contributed by atoms with Crippen LogP contribution in [0.3, 0.4) is 0 Å². The highest BCUT2D eigenvalue weighted by atomic mass is 127. The van der Waals surface area contributed by atoms with Crippen molar-refractivity contribution >= 4 is 51.7 Å². The van der Waals surface area contributed by atoms with Crippen molar-refractivity contribution in [2.24, 2.45) is 5.10 Å². The second-order valence-corrected chi connectivity index (χ2v) is 7.71. The first-order chi connectivity index (χ1) is 16.0. The molecule has 9 nitrogen and oxygen atoms in total. The number of rotatable bonds is 10. The summed E-state index contributed by atoms with van der Waals surface area (Å²) in [5.41, 5.74) is 3.60. The number of hydrogen-bond donors (Lipinski definition) is 1. The average Bonchev–Trinajstić information content (AvgIpc) is 3.23. The second kappa shape index (κ2) is 11.5. The van der Waals surface area contributed by atoms with Gasteiger partial charge in [-0.25, -0.2) is 10.2 Å². The van der Waals surface area contributed by atoms with Crippen molar-refractivity contribution in [2.45, 2.75) is 13.8 Å². The number of benzene rings is 2. The van der Waals surface area contributed by atoms with Crippen LogP contribution in [-0.2, 0) is 9.53 Å². The van der Waals surface area contributed by atoms with Crippen molar-refractivity contribution in [3.8, 4) is 17.2 Å². The van der Waals surface area contributed by atoms with Crippen LogP contribution < -0.4 is 19.6 Å². The second-order valence-electron chi connectivity index (χ2n) is 6.55. The van der Waals surface area contributed by atoms with E-state index >= 15 is 0 Å². The molecule has 3 rings (SSSR count). The lowest BCUT2D eigenvalue weighted by atomic mass is 10.2. The minimum absolute atomic E-state index is 0.110. The number of amides is 1. The molecule has 33 heavy (non-hydrogen) atoms. The van der Waals surface area contributed by atoms with Gasteiger partial charge in [0.25, 0.3) is 0 Å². The zero-order valence-electron chi connectivity index (χ0n) is 18.3. The van der Waals surface area contributed by atoms with Gasteiger partial charge in [0.2, 0.25) is 0 Å². The Morgan fingerprint density at radius 2 is 1.94 bits per heavy atom. The first-order valence-electron chi connectivity index (χ1n) is 10.1. The lowest BCUT2D eigenvalue weighted by molar-refractivity contribution is -0.145. The minimum Gasteiger partial charge on any atom is -0.493 e. The summed E-state index contributed by atoms with van der Waals surface area (Å²) in [7, 11) is 1.53. The number of methoxy groups -OCH3 is 1. The summed E-state index contributed by atoms with van der Waals surface area (Å²) in [6.07, 6.45) is 1.47. The van der Waals surface area contributed by atoms with Gasteiger partial charge in [0.15, 0.2) is 35.2 Å². The van der Waals surface area contributed by atoms with E-state index in [0.717, 1.165) is 5.39 Å². The highest BCUT2D eigenvalue weighted by Gasteiger charge is 2.16. The Bertz CT molecular complexity index is 1170. The van der Waals surface area contributed by atoms with Crippen molar-refractivity contribution < 1.29 is 33.0 Å². The molecular weight excluding hydrogens is 543 g/mol. The summed E-state index contributed by atoms with van der Waals surface area (Å²) in [5.74, 6) is 0.567. The van der Waals surface area contributed by atoms with Crippen molar-refractivity contribution in [1.82, 2.24) is 5.43 Å². The number of halogens is 1. The van der Waals surface area contributed by atoms with Gasteiger partial charge in [-0.3, -0.25) is 4.79 Å². The van der Waals surface area contributed by atoms with Crippen molar-refractivity contribution in [3.05, 3.63) is 51.3 Å². The molecule has 1 heterocycles. The maximum Gasteiger partial charge on any atom is 0.344 e. The van der Waals surface area contributed by atoms with Crippen LogP contribution in [0, 0.1) is 3.57 Å². The fourth-order valence-corrected chi connectivity index (χ4v) is 3.71. The number of hydrazone groups is 1. The molecule has 2 aromatic carbocycles. The molecule has 0 atom stereocenters. The molecule has 0 aliphatic heterocycles. The predicted molar refractivity (Wildman–Crippen MR) is 130 cm³/mol. The molecule has 1 N–H and O–H groups in total. The van der Waals surface area contributed by atoms with Crippen LogP contribution in [0.1, 0.15) is 30.0 Å². The van der Waals surface area contributed by atoms with E-state index in [-0.39, 0.29) is 19.0 Å². The third kappa shape index (κ3) is 6.15. The molecule has 1 aromatic heterocycles. The molecule has 0 aliphatic carbocycles. The number of nitrogens with one attached hydrogen (secondary N) is 1. The number of nitrogens with zero attached hydrogens (tertiary/aromatic N) is 1. The molecular formula is C23H23IN2O7. The van der Waals surface area contributed by atoms with E-state index in [1.165, 1.54) is 13.3 Å². The molecule has 0 bridgehead atoms. The third-order valence-corrected chi connectivity index (χ3v) is 5.10. The maximum atomic E-state index is 12.4. The molecule has 0 fully saturated rings. The zero-order chi connectivity index (χ0) is 23.8. The SMILES string of the molecule is CCOC(=O)COc1c(I)cc(/C=N\NC(=O)c2cc3cccc(OC)c3o2)cc1OCC. The molecule has 0 saturated carbocycles. The number of para-hydroxylation sites is 1. The van der Waals surface area contributed by atoms with E-state index < -0.39 is 11.9 Å². The van der Waals surface area contributed by atoms with E-state index in [1.807, 2.05) is 19.1 Å². The lowest BCUT2D eigenvalue weighted by Gasteiger charge is -2.14. The van der Waals surface area contributed by atoms with Gasteiger partial charge in [0.1, 0.15) is 0 Å². The first kappa shape index (κ1) is 24.4. The topological polar surface area (TPSA) is 109 Å². The Balaban J connectivity index is 1.72. The average molecular weight is 566 g/mol. The van der Waals surface area contributed by atoms with Gasteiger partial charge in [0, 0.05) is 5.39 Å². The maximum absolute atomic E-state index is 12.4. The molecule has 0 radical (unpaired) electrons. The van der Waals surface area contributed by atoms with Crippen molar-refractivity contribution in [1.29, 1.82) is 0 Å². The van der Waals surface area contributed by atoms with Crippen molar-refractivity contribution in [2.75, 3.05) is 26.9 Å². The molecule has 0 unspecified atom stereocenters. The highest BCUT2D eigenvalue weighted by Crippen LogP contribution is 2.34. The Kier molecular flexibility index (Phi) is 8.52. The van der Waals surface area contributed by atoms with Gasteiger partial charge in [0.05, 0.1) is 30.1 Å². The van der Waals surface area contributed by atoms with Crippen LogP contribution in [0.25, 0.3) is 11.0 Å². The normalized spacial score (nSPS) is 10.9. The van der Waals surface area contributed by atoms with Gasteiger partial charge in [-0.1, -0.05) is 12.1 Å². The number of ether oxygens (including phenoxy) is 4. The monoisotopic (exact) mass is 566 g/mol. The van der Waals surface area contributed by atoms with Gasteiger partial charge in [-0.15, -0.1) is 0 Å². The summed E-state index contributed by atoms with van der Waals surface area (Å²) in [6.45, 7) is 4.02. The van der Waals surface area contributed by atoms with E-state index in [4.69, 9.17) is 23.4 Å². The number of carbonyl (C=O) groups is 2. The smallest absolute Gasteiger partial charge is 0.344 e. The first-order valence-corrected chi connectivity index (χ1v) is 11.2. The summed E-state index contributed by atoms with van der Waals surface area (Å²) in [5, 5.41) is 4.76. The number of esters is 1. The summed E-state index contributed by atoms with van der Waals surface area (Å²) >= 11 is 2.08. The Hall–Kier alpha value is -3.28. The Morgan fingerprint density at radius 1 is 1.12 bits per heavy atom. The minimum atomic E-state index is -0.501. The lowest BCUT2D eigenvalue weighted by Crippen LogP contribution is -2.17. The van der Waals surface area contributed by atoms with Crippen LogP contribution >= 0.6 is 22.6 Å². The van der Waals surface area contributed by atoms with Crippen LogP contribution in [0.15, 0.2) is 45.9 Å². The predicted octanol–water partition coefficient (Wildman–Crippen LogP) is 4.15. The van der Waals surface area contributed by atoms with Crippen LogP contribution in [0.2, 0.25) is 0 Å². The van der Waals surface area contributed by atoms with E-state index in [0.29, 0.717) is 38.6 Å². The summed E-state index contributed by atoms with van der Waals surface area (Å²) in [4.78, 5) is 24.1. The summed E-state index contributed by atoms with van der Waals surface area (Å²) < 4.78 is 27.7. The molecule has 10 heteroatoms. The van der Waals surface area contributed by atoms with Crippen molar-refractivity contribution in [3.63, 3.8) is 0 Å². The molecule has 3 aromatic rings. The molecule has 1 amide bonds. The number of hydrogen-bond acceptors (Lipinski definition) is 8. The number of furan rings is 1. The fraction of sp³-hybridized carbons (Fsp3) is 0.261. The quantitative estimate of drug-likeness (QED) is 0.170. The third-order valence-electron chi connectivity index (χ3n) is 4.30. The largest absolute Gasteiger partial charge is 0.493 e. The molecule has 174 valence electrons. The van der Waals surface area contributed by atoms with Gasteiger partial charge < -0.3 is 23.4 Å². The van der Waals surface area contributed by atoms with Gasteiger partial charge >= 0.3 is 11.9 Å². The Morgan fingerprint density at radius 3 is 2.67 bits per heavy atom. The van der Waals surface area contributed by atoms with Crippen LogP contribution in [-0.4, -0.2) is 45.0 Å².